The number of hydrogen-bond donors (Lipinski definition) is 0. The fourth-order valence-electron chi connectivity index (χ4n) is 3.13. The Kier molecular flexibility index (Phi) is 5.71. The molecule has 15 heavy (non-hydrogen) atoms. The molecule has 0 aromatic heterocycles. The minimum atomic E-state index is 0.895. The van der Waals surface area contributed by atoms with E-state index in [1.165, 1.54) is 44.9 Å². The molecule has 0 saturated heterocycles. The first-order valence-corrected chi connectivity index (χ1v) is 7.09. The van der Waals surface area contributed by atoms with Gasteiger partial charge in [0.2, 0.25) is 0 Å². The first-order valence-electron chi connectivity index (χ1n) is 7.09. The summed E-state index contributed by atoms with van der Waals surface area (Å²) in [5, 5.41) is 0. The average molecular weight is 210 g/mol. The third kappa shape index (κ3) is 5.04. The summed E-state index contributed by atoms with van der Waals surface area (Å²) in [6.45, 7) is 9.49. The van der Waals surface area contributed by atoms with Crippen LogP contribution in [0.1, 0.15) is 72.6 Å². The Morgan fingerprint density at radius 3 is 2.00 bits per heavy atom. The lowest BCUT2D eigenvalue weighted by molar-refractivity contribution is 0.185. The molecule has 1 aliphatic carbocycles. The van der Waals surface area contributed by atoms with Gasteiger partial charge in [0.1, 0.15) is 0 Å². The Morgan fingerprint density at radius 1 is 0.867 bits per heavy atom. The maximum Gasteiger partial charge on any atom is -0.0383 e. The first kappa shape index (κ1) is 13.1. The third-order valence-electron chi connectivity index (χ3n) is 3.96. The summed E-state index contributed by atoms with van der Waals surface area (Å²) in [6.07, 6.45) is 10.4. The second kappa shape index (κ2) is 6.55. The molecule has 90 valence electrons. The van der Waals surface area contributed by atoms with Crippen molar-refractivity contribution >= 4 is 0 Å². The predicted molar refractivity (Wildman–Crippen MR) is 69.0 cm³/mol. The van der Waals surface area contributed by atoms with Gasteiger partial charge in [-0.25, -0.2) is 0 Å². The van der Waals surface area contributed by atoms with Crippen molar-refractivity contribution in [2.75, 3.05) is 0 Å². The van der Waals surface area contributed by atoms with Gasteiger partial charge in [0, 0.05) is 0 Å². The van der Waals surface area contributed by atoms with Crippen LogP contribution in [0, 0.1) is 23.7 Å². The monoisotopic (exact) mass is 210 g/mol. The Morgan fingerprint density at radius 2 is 1.47 bits per heavy atom. The van der Waals surface area contributed by atoms with Gasteiger partial charge < -0.3 is 0 Å². The van der Waals surface area contributed by atoms with Crippen molar-refractivity contribution in [1.82, 2.24) is 0 Å². The van der Waals surface area contributed by atoms with Crippen molar-refractivity contribution in [1.29, 1.82) is 0 Å². The van der Waals surface area contributed by atoms with Crippen LogP contribution in [0.4, 0.5) is 0 Å². The van der Waals surface area contributed by atoms with Gasteiger partial charge >= 0.3 is 0 Å². The van der Waals surface area contributed by atoms with E-state index in [0.717, 1.165) is 23.7 Å². The molecule has 0 aliphatic heterocycles. The topological polar surface area (TPSA) is 0 Å². The highest BCUT2D eigenvalue weighted by molar-refractivity contribution is 4.76. The molecule has 1 aliphatic rings. The highest BCUT2D eigenvalue weighted by Crippen LogP contribution is 2.37. The fourth-order valence-corrected chi connectivity index (χ4v) is 3.13. The summed E-state index contributed by atoms with van der Waals surface area (Å²) in [5.41, 5.74) is 0. The van der Waals surface area contributed by atoms with Gasteiger partial charge in [-0.3, -0.25) is 0 Å². The predicted octanol–water partition coefficient (Wildman–Crippen LogP) is 5.28. The quantitative estimate of drug-likeness (QED) is 0.579. The van der Waals surface area contributed by atoms with Crippen LogP contribution in [-0.4, -0.2) is 0 Å². The molecule has 1 rings (SSSR count). The van der Waals surface area contributed by atoms with Crippen molar-refractivity contribution in [2.24, 2.45) is 23.7 Å². The Hall–Kier alpha value is 0. The second-order valence-electron chi connectivity index (χ2n) is 6.41. The lowest BCUT2D eigenvalue weighted by atomic mass is 9.73. The van der Waals surface area contributed by atoms with E-state index < -0.39 is 0 Å². The van der Waals surface area contributed by atoms with Gasteiger partial charge in [-0.15, -0.1) is 0 Å². The minimum absolute atomic E-state index is 0.895. The van der Waals surface area contributed by atoms with Crippen LogP contribution in [0.25, 0.3) is 0 Å². The first-order chi connectivity index (χ1) is 7.09. The zero-order valence-electron chi connectivity index (χ0n) is 11.3. The molecule has 0 aromatic rings. The Labute approximate surface area is 96.8 Å². The highest BCUT2D eigenvalue weighted by Gasteiger charge is 2.25. The van der Waals surface area contributed by atoms with Crippen LogP contribution < -0.4 is 0 Å². The van der Waals surface area contributed by atoms with Gasteiger partial charge in [0.05, 0.1) is 0 Å². The SMILES string of the molecule is CC(C)CCC1CCCCC1CC(C)C. The maximum atomic E-state index is 2.38. The van der Waals surface area contributed by atoms with E-state index in [1.807, 2.05) is 0 Å². The van der Waals surface area contributed by atoms with E-state index in [9.17, 15) is 0 Å². The van der Waals surface area contributed by atoms with E-state index in [-0.39, 0.29) is 0 Å². The smallest absolute Gasteiger partial charge is 0.0383 e. The van der Waals surface area contributed by atoms with Gasteiger partial charge in [0.25, 0.3) is 0 Å². The largest absolute Gasteiger partial charge is 0.0628 e. The minimum Gasteiger partial charge on any atom is -0.0628 e. The molecule has 2 atom stereocenters. The van der Waals surface area contributed by atoms with Crippen LogP contribution in [0.5, 0.6) is 0 Å². The van der Waals surface area contributed by atoms with Crippen molar-refractivity contribution < 1.29 is 0 Å². The maximum absolute atomic E-state index is 2.38. The van der Waals surface area contributed by atoms with Crippen LogP contribution >= 0.6 is 0 Å². The third-order valence-corrected chi connectivity index (χ3v) is 3.96. The van der Waals surface area contributed by atoms with Crippen LogP contribution in [0.15, 0.2) is 0 Å². The molecule has 0 heteroatoms. The van der Waals surface area contributed by atoms with Gasteiger partial charge in [-0.2, -0.15) is 0 Å². The fraction of sp³-hybridized carbons (Fsp3) is 1.00. The molecule has 0 nitrogen and oxygen atoms in total. The van der Waals surface area contributed by atoms with E-state index >= 15 is 0 Å². The van der Waals surface area contributed by atoms with Gasteiger partial charge in [0.15, 0.2) is 0 Å². The summed E-state index contributed by atoms with van der Waals surface area (Å²) in [4.78, 5) is 0. The molecule has 0 heterocycles. The van der Waals surface area contributed by atoms with Crippen molar-refractivity contribution in [3.63, 3.8) is 0 Å². The van der Waals surface area contributed by atoms with Gasteiger partial charge in [-0.05, 0) is 36.5 Å². The van der Waals surface area contributed by atoms with Gasteiger partial charge in [-0.1, -0.05) is 59.8 Å². The molecular weight excluding hydrogens is 180 g/mol. The molecule has 0 amide bonds. The van der Waals surface area contributed by atoms with Crippen molar-refractivity contribution in [2.45, 2.75) is 72.6 Å². The molecular formula is C15H30. The van der Waals surface area contributed by atoms with E-state index in [4.69, 9.17) is 0 Å². The summed E-state index contributed by atoms with van der Waals surface area (Å²) in [5.74, 6) is 3.90. The summed E-state index contributed by atoms with van der Waals surface area (Å²) in [6, 6.07) is 0. The summed E-state index contributed by atoms with van der Waals surface area (Å²) in [7, 11) is 0. The molecule has 2 unspecified atom stereocenters. The molecule has 0 aromatic carbocycles. The molecule has 0 bridgehead atoms. The molecule has 0 radical (unpaired) electrons. The highest BCUT2D eigenvalue weighted by atomic mass is 14.3. The molecule has 0 N–H and O–H groups in total. The standard InChI is InChI=1S/C15H30/c1-12(2)9-10-14-7-5-6-8-15(14)11-13(3)4/h12-15H,5-11H2,1-4H3. The molecule has 0 spiro atoms. The molecule has 1 fully saturated rings. The normalized spacial score (nSPS) is 27.6. The molecule has 1 saturated carbocycles. The van der Waals surface area contributed by atoms with Crippen LogP contribution in [0.2, 0.25) is 0 Å². The van der Waals surface area contributed by atoms with Crippen molar-refractivity contribution in [3.05, 3.63) is 0 Å². The van der Waals surface area contributed by atoms with E-state index in [1.54, 1.807) is 0 Å². The number of rotatable bonds is 5. The van der Waals surface area contributed by atoms with Crippen LogP contribution in [0.3, 0.4) is 0 Å². The van der Waals surface area contributed by atoms with E-state index in [0.29, 0.717) is 0 Å². The number of hydrogen-bond acceptors (Lipinski definition) is 0. The average Bonchev–Trinajstić information content (AvgIpc) is 2.15. The second-order valence-corrected chi connectivity index (χ2v) is 6.41. The summed E-state index contributed by atoms with van der Waals surface area (Å²) < 4.78 is 0. The summed E-state index contributed by atoms with van der Waals surface area (Å²) >= 11 is 0. The lowest BCUT2D eigenvalue weighted by Crippen LogP contribution is -2.21. The van der Waals surface area contributed by atoms with E-state index in [2.05, 4.69) is 27.7 Å². The Balaban J connectivity index is 2.35. The Bertz CT molecular complexity index is 157. The zero-order chi connectivity index (χ0) is 11.3. The zero-order valence-corrected chi connectivity index (χ0v) is 11.3. The lowest BCUT2D eigenvalue weighted by Gasteiger charge is -2.33. The van der Waals surface area contributed by atoms with Crippen molar-refractivity contribution in [3.8, 4) is 0 Å². The van der Waals surface area contributed by atoms with Crippen LogP contribution in [-0.2, 0) is 0 Å².